The summed E-state index contributed by atoms with van der Waals surface area (Å²) < 4.78 is 46.1. The van der Waals surface area contributed by atoms with Gasteiger partial charge in [0.15, 0.2) is 11.5 Å². The molecule has 11 heteroatoms. The number of carbonyl (C=O) groups excluding carboxylic acids is 2. The number of carbonyl (C=O) groups is 2. The molecule has 1 fully saturated rings. The summed E-state index contributed by atoms with van der Waals surface area (Å²) in [4.78, 5) is 29.3. The van der Waals surface area contributed by atoms with E-state index in [0.717, 1.165) is 43.5 Å². The zero-order valence-corrected chi connectivity index (χ0v) is 27.7. The predicted molar refractivity (Wildman–Crippen MR) is 175 cm³/mol. The smallest absolute Gasteiger partial charge is 0.279 e. The van der Waals surface area contributed by atoms with E-state index in [2.05, 4.69) is 21.9 Å². The summed E-state index contributed by atoms with van der Waals surface area (Å²) in [6.07, 6.45) is 2.18. The first-order valence-electron chi connectivity index (χ1n) is 16.0. The third-order valence-electron chi connectivity index (χ3n) is 8.52. The topological polar surface area (TPSA) is 123 Å². The molecule has 1 saturated heterocycles. The van der Waals surface area contributed by atoms with Crippen molar-refractivity contribution in [3.63, 3.8) is 0 Å². The number of benzene rings is 3. The van der Waals surface area contributed by atoms with E-state index in [0.29, 0.717) is 47.4 Å². The van der Waals surface area contributed by atoms with Crippen molar-refractivity contribution in [2.75, 3.05) is 26.4 Å². The van der Waals surface area contributed by atoms with Crippen molar-refractivity contribution >= 4 is 21.8 Å². The van der Waals surface area contributed by atoms with Crippen molar-refractivity contribution in [1.29, 1.82) is 0 Å². The standard InChI is InChI=1S/C35H43N3O7S/c1-5-8-25-19-27(34(39)36-21-28-9-7-18-38(28)6-2)13-16-30(25)45-33(26-12-17-31-32(20-26)44-22-43-31)35(40)37-46(41,42)29-14-10-24(11-15-29)23(3)4/h10-17,19-20,23,28,33H,5-9,18,21-22H2,1-4H3,(H,36,39)(H,37,40). The predicted octanol–water partition coefficient (Wildman–Crippen LogP) is 5.33. The number of fused-ring (bicyclic) bond motifs is 1. The van der Waals surface area contributed by atoms with Crippen molar-refractivity contribution < 1.29 is 32.2 Å². The summed E-state index contributed by atoms with van der Waals surface area (Å²) in [5.74, 6) is 0.504. The number of amides is 2. The summed E-state index contributed by atoms with van der Waals surface area (Å²) in [5, 5.41) is 3.08. The van der Waals surface area contributed by atoms with Gasteiger partial charge < -0.3 is 19.5 Å². The normalized spacial score (nSPS) is 16.8. The Morgan fingerprint density at radius 1 is 0.978 bits per heavy atom. The first kappa shape index (κ1) is 33.3. The Hall–Kier alpha value is -4.09. The highest BCUT2D eigenvalue weighted by Gasteiger charge is 2.31. The summed E-state index contributed by atoms with van der Waals surface area (Å²) in [6, 6.07) is 16.8. The molecule has 246 valence electrons. The zero-order valence-electron chi connectivity index (χ0n) is 26.9. The van der Waals surface area contributed by atoms with E-state index < -0.39 is 22.0 Å². The van der Waals surface area contributed by atoms with E-state index in [-0.39, 0.29) is 23.5 Å². The van der Waals surface area contributed by atoms with Gasteiger partial charge in [0.05, 0.1) is 4.90 Å². The van der Waals surface area contributed by atoms with E-state index in [1.807, 2.05) is 20.8 Å². The number of hydrogen-bond donors (Lipinski definition) is 2. The molecule has 46 heavy (non-hydrogen) atoms. The Morgan fingerprint density at radius 3 is 2.43 bits per heavy atom. The summed E-state index contributed by atoms with van der Waals surface area (Å²) in [6.45, 7) is 10.8. The highest BCUT2D eigenvalue weighted by atomic mass is 32.2. The van der Waals surface area contributed by atoms with Gasteiger partial charge in [-0.3, -0.25) is 14.5 Å². The third-order valence-corrected chi connectivity index (χ3v) is 9.88. The molecular weight excluding hydrogens is 606 g/mol. The fourth-order valence-electron chi connectivity index (χ4n) is 5.91. The van der Waals surface area contributed by atoms with Gasteiger partial charge in [-0.2, -0.15) is 0 Å². The fraction of sp³-hybridized carbons (Fsp3) is 0.429. The van der Waals surface area contributed by atoms with Crippen molar-refractivity contribution in [2.24, 2.45) is 0 Å². The van der Waals surface area contributed by atoms with Gasteiger partial charge in [-0.25, -0.2) is 13.1 Å². The van der Waals surface area contributed by atoms with Crippen LogP contribution < -0.4 is 24.2 Å². The number of sulfonamides is 1. The van der Waals surface area contributed by atoms with Crippen LogP contribution in [0.4, 0.5) is 0 Å². The van der Waals surface area contributed by atoms with Gasteiger partial charge in [0, 0.05) is 23.7 Å². The van der Waals surface area contributed by atoms with Gasteiger partial charge in [0.1, 0.15) is 5.75 Å². The Labute approximate surface area is 271 Å². The average Bonchev–Trinajstić information content (AvgIpc) is 3.71. The number of likely N-dealkylation sites (tertiary alicyclic amines) is 1. The Bertz CT molecular complexity index is 1660. The summed E-state index contributed by atoms with van der Waals surface area (Å²) in [5.41, 5.74) is 2.59. The minimum absolute atomic E-state index is 0.0311. The SMILES string of the molecule is CCCc1cc(C(=O)NCC2CCCN2CC)ccc1OC(C(=O)NS(=O)(=O)c1ccc(C(C)C)cc1)c1ccc2c(c1)OCO2. The molecular formula is C35H43N3O7S. The maximum Gasteiger partial charge on any atom is 0.279 e. The molecule has 2 amide bonds. The van der Waals surface area contributed by atoms with Crippen LogP contribution in [-0.4, -0.2) is 57.6 Å². The molecule has 0 bridgehead atoms. The molecule has 2 atom stereocenters. The van der Waals surface area contributed by atoms with Gasteiger partial charge in [-0.15, -0.1) is 0 Å². The first-order chi connectivity index (χ1) is 22.1. The van der Waals surface area contributed by atoms with Crippen LogP contribution >= 0.6 is 0 Å². The molecule has 5 rings (SSSR count). The lowest BCUT2D eigenvalue weighted by molar-refractivity contribution is -0.126. The average molecular weight is 650 g/mol. The lowest BCUT2D eigenvalue weighted by Crippen LogP contribution is -2.40. The van der Waals surface area contributed by atoms with Crippen LogP contribution in [0.25, 0.3) is 0 Å². The summed E-state index contributed by atoms with van der Waals surface area (Å²) >= 11 is 0. The van der Waals surface area contributed by atoms with E-state index >= 15 is 0 Å². The second kappa shape index (κ2) is 14.6. The second-order valence-corrected chi connectivity index (χ2v) is 13.7. The number of nitrogens with one attached hydrogen (secondary N) is 2. The van der Waals surface area contributed by atoms with Crippen LogP contribution in [-0.2, 0) is 21.2 Å². The lowest BCUT2D eigenvalue weighted by Gasteiger charge is -2.23. The Balaban J connectivity index is 1.40. The van der Waals surface area contributed by atoms with Crippen LogP contribution in [0.5, 0.6) is 17.2 Å². The maximum atomic E-state index is 13.8. The van der Waals surface area contributed by atoms with Crippen molar-refractivity contribution in [3.05, 3.63) is 82.9 Å². The van der Waals surface area contributed by atoms with Crippen LogP contribution in [0.1, 0.15) is 86.0 Å². The highest BCUT2D eigenvalue weighted by molar-refractivity contribution is 7.90. The molecule has 2 aliphatic heterocycles. The van der Waals surface area contributed by atoms with Gasteiger partial charge in [0.25, 0.3) is 21.8 Å². The van der Waals surface area contributed by atoms with Gasteiger partial charge in [-0.05, 0) is 91.9 Å². The van der Waals surface area contributed by atoms with Crippen LogP contribution in [0, 0.1) is 0 Å². The number of rotatable bonds is 13. The molecule has 0 aromatic heterocycles. The van der Waals surface area contributed by atoms with Crippen molar-refractivity contribution in [1.82, 2.24) is 14.9 Å². The molecule has 2 N–H and O–H groups in total. The number of hydrogen-bond acceptors (Lipinski definition) is 8. The minimum Gasteiger partial charge on any atom is -0.475 e. The number of aryl methyl sites for hydroxylation is 1. The quantitative estimate of drug-likeness (QED) is 0.255. The van der Waals surface area contributed by atoms with Crippen molar-refractivity contribution in [3.8, 4) is 17.2 Å². The summed E-state index contributed by atoms with van der Waals surface area (Å²) in [7, 11) is -4.21. The minimum atomic E-state index is -4.21. The van der Waals surface area contributed by atoms with E-state index in [1.54, 1.807) is 48.5 Å². The number of nitrogens with zero attached hydrogens (tertiary/aromatic N) is 1. The molecule has 2 heterocycles. The van der Waals surface area contributed by atoms with Gasteiger partial charge in [0.2, 0.25) is 12.9 Å². The van der Waals surface area contributed by atoms with E-state index in [4.69, 9.17) is 14.2 Å². The first-order valence-corrected chi connectivity index (χ1v) is 17.5. The monoisotopic (exact) mass is 649 g/mol. The molecule has 0 aliphatic carbocycles. The molecule has 10 nitrogen and oxygen atoms in total. The Morgan fingerprint density at radius 2 is 1.72 bits per heavy atom. The third kappa shape index (κ3) is 7.64. The van der Waals surface area contributed by atoms with Crippen LogP contribution in [0.2, 0.25) is 0 Å². The maximum absolute atomic E-state index is 13.8. The Kier molecular flexibility index (Phi) is 10.5. The molecule has 0 spiro atoms. The molecule has 0 saturated carbocycles. The zero-order chi connectivity index (χ0) is 32.8. The molecule has 0 radical (unpaired) electrons. The van der Waals surface area contributed by atoms with Gasteiger partial charge >= 0.3 is 0 Å². The second-order valence-electron chi connectivity index (χ2n) is 12.0. The molecule has 2 unspecified atom stereocenters. The number of ether oxygens (including phenoxy) is 3. The highest BCUT2D eigenvalue weighted by Crippen LogP contribution is 2.36. The van der Waals surface area contributed by atoms with Crippen LogP contribution in [0.15, 0.2) is 65.6 Å². The van der Waals surface area contributed by atoms with Crippen molar-refractivity contribution in [2.45, 2.75) is 76.3 Å². The van der Waals surface area contributed by atoms with E-state index in [1.165, 1.54) is 12.1 Å². The lowest BCUT2D eigenvalue weighted by atomic mass is 10.0. The van der Waals surface area contributed by atoms with Gasteiger partial charge in [-0.1, -0.05) is 52.3 Å². The largest absolute Gasteiger partial charge is 0.475 e. The molecule has 3 aromatic rings. The molecule has 3 aromatic carbocycles. The fourth-order valence-corrected chi connectivity index (χ4v) is 6.89. The molecule has 2 aliphatic rings. The van der Waals surface area contributed by atoms with Crippen LogP contribution in [0.3, 0.4) is 0 Å². The number of likely N-dealkylation sites (N-methyl/N-ethyl adjacent to an activating group) is 1. The van der Waals surface area contributed by atoms with E-state index in [9.17, 15) is 18.0 Å².